The second-order valence-corrected chi connectivity index (χ2v) is 8.13. The third kappa shape index (κ3) is 5.95. The van der Waals surface area contributed by atoms with Crippen molar-refractivity contribution in [3.63, 3.8) is 0 Å². The molecular formula is C25H26F2N4O4. The van der Waals surface area contributed by atoms with Crippen LogP contribution in [0.2, 0.25) is 0 Å². The second-order valence-electron chi connectivity index (χ2n) is 8.13. The van der Waals surface area contributed by atoms with E-state index in [0.717, 1.165) is 11.4 Å². The van der Waals surface area contributed by atoms with Crippen molar-refractivity contribution in [3.8, 4) is 17.2 Å². The van der Waals surface area contributed by atoms with Gasteiger partial charge in [0.2, 0.25) is 5.91 Å². The van der Waals surface area contributed by atoms with E-state index in [2.05, 4.69) is 15.2 Å². The maximum Gasteiger partial charge on any atom is 0.387 e. The minimum atomic E-state index is -3.03. The van der Waals surface area contributed by atoms with Crippen LogP contribution in [0.4, 0.5) is 8.78 Å². The molecule has 2 amide bonds. The summed E-state index contributed by atoms with van der Waals surface area (Å²) < 4.78 is 36.8. The molecule has 0 aliphatic carbocycles. The summed E-state index contributed by atoms with van der Waals surface area (Å²) in [6, 6.07) is 15.2. The number of methoxy groups -OCH3 is 1. The summed E-state index contributed by atoms with van der Waals surface area (Å²) >= 11 is 0. The number of rotatable bonds is 8. The summed E-state index contributed by atoms with van der Waals surface area (Å²) in [5.41, 5.74) is 1.61. The van der Waals surface area contributed by atoms with Crippen molar-refractivity contribution in [2.24, 2.45) is 5.92 Å². The number of likely N-dealkylation sites (tertiary alicyclic amines) is 1. The van der Waals surface area contributed by atoms with Gasteiger partial charge in [0, 0.05) is 19.3 Å². The average molecular weight is 485 g/mol. The summed E-state index contributed by atoms with van der Waals surface area (Å²) in [5, 5.41) is 7.38. The molecule has 184 valence electrons. The molecular weight excluding hydrogens is 458 g/mol. The van der Waals surface area contributed by atoms with Crippen molar-refractivity contribution in [1.82, 2.24) is 20.0 Å². The number of nitrogens with zero attached hydrogens (tertiary/aromatic N) is 3. The van der Waals surface area contributed by atoms with Crippen LogP contribution >= 0.6 is 0 Å². The summed E-state index contributed by atoms with van der Waals surface area (Å²) in [7, 11) is 1.60. The Labute approximate surface area is 201 Å². The molecule has 1 aliphatic rings. The Bertz CT molecular complexity index is 1170. The number of nitrogens with one attached hydrogen (secondary N) is 1. The minimum Gasteiger partial charge on any atom is -0.497 e. The van der Waals surface area contributed by atoms with Gasteiger partial charge in [-0.25, -0.2) is 4.68 Å². The second kappa shape index (κ2) is 11.0. The van der Waals surface area contributed by atoms with Gasteiger partial charge < -0.3 is 19.7 Å². The maximum atomic E-state index is 13.0. The first-order valence-electron chi connectivity index (χ1n) is 11.2. The SMILES string of the molecule is COc1ccc(-n2ccc(CNC(=O)C3CCCN(C(=O)c4ccccc4OC(F)F)C3)n2)cc1. The highest BCUT2D eigenvalue weighted by Gasteiger charge is 2.30. The topological polar surface area (TPSA) is 85.7 Å². The number of para-hydroxylation sites is 1. The zero-order valence-electron chi connectivity index (χ0n) is 19.2. The van der Waals surface area contributed by atoms with E-state index < -0.39 is 18.4 Å². The third-order valence-electron chi connectivity index (χ3n) is 5.84. The van der Waals surface area contributed by atoms with E-state index in [1.165, 1.54) is 23.1 Å². The number of aromatic nitrogens is 2. The molecule has 35 heavy (non-hydrogen) atoms. The lowest BCUT2D eigenvalue weighted by molar-refractivity contribution is -0.126. The van der Waals surface area contributed by atoms with Crippen molar-refractivity contribution in [2.75, 3.05) is 20.2 Å². The van der Waals surface area contributed by atoms with E-state index in [4.69, 9.17) is 4.74 Å². The molecule has 1 atom stereocenters. The molecule has 1 unspecified atom stereocenters. The zero-order valence-corrected chi connectivity index (χ0v) is 19.2. The van der Waals surface area contributed by atoms with Gasteiger partial charge in [-0.05, 0) is 55.3 Å². The first-order valence-corrected chi connectivity index (χ1v) is 11.2. The number of halogens is 2. The van der Waals surface area contributed by atoms with Gasteiger partial charge in [-0.2, -0.15) is 13.9 Å². The highest BCUT2D eigenvalue weighted by Crippen LogP contribution is 2.25. The van der Waals surface area contributed by atoms with Crippen molar-refractivity contribution >= 4 is 11.8 Å². The van der Waals surface area contributed by atoms with Gasteiger partial charge >= 0.3 is 6.61 Å². The number of ether oxygens (including phenoxy) is 2. The van der Waals surface area contributed by atoms with Crippen molar-refractivity contribution in [2.45, 2.75) is 26.0 Å². The Morgan fingerprint density at radius 1 is 1.14 bits per heavy atom. The Kier molecular flexibility index (Phi) is 7.59. The van der Waals surface area contributed by atoms with Crippen LogP contribution < -0.4 is 14.8 Å². The fraction of sp³-hybridized carbons (Fsp3) is 0.320. The Hall–Kier alpha value is -3.95. The molecule has 1 aliphatic heterocycles. The number of hydrogen-bond acceptors (Lipinski definition) is 5. The van der Waals surface area contributed by atoms with E-state index in [-0.39, 0.29) is 30.3 Å². The van der Waals surface area contributed by atoms with Gasteiger partial charge in [0.15, 0.2) is 0 Å². The molecule has 1 saturated heterocycles. The largest absolute Gasteiger partial charge is 0.497 e. The Morgan fingerprint density at radius 3 is 2.66 bits per heavy atom. The van der Waals surface area contributed by atoms with Crippen LogP contribution in [0, 0.1) is 5.92 Å². The van der Waals surface area contributed by atoms with Gasteiger partial charge in [-0.15, -0.1) is 0 Å². The van der Waals surface area contributed by atoms with Crippen LogP contribution in [0.1, 0.15) is 28.9 Å². The summed E-state index contributed by atoms with van der Waals surface area (Å²) in [6.07, 6.45) is 3.07. The summed E-state index contributed by atoms with van der Waals surface area (Å²) in [4.78, 5) is 27.3. The molecule has 0 spiro atoms. The molecule has 10 heteroatoms. The molecule has 1 fully saturated rings. The van der Waals surface area contributed by atoms with Crippen molar-refractivity contribution in [3.05, 3.63) is 72.1 Å². The van der Waals surface area contributed by atoms with E-state index in [9.17, 15) is 18.4 Å². The normalized spacial score (nSPS) is 15.7. The lowest BCUT2D eigenvalue weighted by Gasteiger charge is -2.32. The summed E-state index contributed by atoms with van der Waals surface area (Å²) in [5.74, 6) is -0.444. The van der Waals surface area contributed by atoms with Crippen LogP contribution in [0.15, 0.2) is 60.8 Å². The van der Waals surface area contributed by atoms with E-state index in [1.54, 1.807) is 17.9 Å². The van der Waals surface area contributed by atoms with E-state index >= 15 is 0 Å². The number of alkyl halides is 2. The average Bonchev–Trinajstić information content (AvgIpc) is 3.36. The quantitative estimate of drug-likeness (QED) is 0.528. The van der Waals surface area contributed by atoms with Gasteiger partial charge in [-0.1, -0.05) is 12.1 Å². The Morgan fingerprint density at radius 2 is 1.91 bits per heavy atom. The standard InChI is InChI=1S/C25H26F2N4O4/c1-34-20-10-8-19(9-11-20)31-14-12-18(29-31)15-28-23(32)17-5-4-13-30(16-17)24(33)21-6-2-3-7-22(21)35-25(26)27/h2-3,6-12,14,17,25H,4-5,13,15-16H2,1H3,(H,28,32). The molecule has 0 radical (unpaired) electrons. The van der Waals surface area contributed by atoms with Crippen LogP contribution in [-0.4, -0.2) is 53.3 Å². The number of carbonyl (C=O) groups excluding carboxylic acids is 2. The molecule has 1 N–H and O–H groups in total. The molecule has 4 rings (SSSR count). The van der Waals surface area contributed by atoms with E-state index in [1.807, 2.05) is 36.5 Å². The van der Waals surface area contributed by atoms with Gasteiger partial charge in [0.25, 0.3) is 5.91 Å². The molecule has 3 aromatic rings. The maximum absolute atomic E-state index is 13.0. The molecule has 0 bridgehead atoms. The van der Waals surface area contributed by atoms with Crippen LogP contribution in [0.3, 0.4) is 0 Å². The van der Waals surface area contributed by atoms with Crippen molar-refractivity contribution < 1.29 is 27.8 Å². The van der Waals surface area contributed by atoms with Crippen LogP contribution in [-0.2, 0) is 11.3 Å². The highest BCUT2D eigenvalue weighted by molar-refractivity contribution is 5.97. The van der Waals surface area contributed by atoms with Gasteiger partial charge in [0.05, 0.1) is 36.5 Å². The Balaban J connectivity index is 1.34. The number of hydrogen-bond donors (Lipinski definition) is 1. The first-order chi connectivity index (χ1) is 16.9. The fourth-order valence-electron chi connectivity index (χ4n) is 4.04. The fourth-order valence-corrected chi connectivity index (χ4v) is 4.04. The molecule has 0 saturated carbocycles. The van der Waals surface area contributed by atoms with E-state index in [0.29, 0.717) is 25.1 Å². The smallest absolute Gasteiger partial charge is 0.387 e. The molecule has 8 nitrogen and oxygen atoms in total. The lowest BCUT2D eigenvalue weighted by Crippen LogP contribution is -2.45. The van der Waals surface area contributed by atoms with Crippen LogP contribution in [0.25, 0.3) is 5.69 Å². The third-order valence-corrected chi connectivity index (χ3v) is 5.84. The van der Waals surface area contributed by atoms with Crippen LogP contribution in [0.5, 0.6) is 11.5 Å². The first kappa shape index (κ1) is 24.2. The molecule has 1 aromatic heterocycles. The summed E-state index contributed by atoms with van der Waals surface area (Å²) in [6.45, 7) is -2.14. The van der Waals surface area contributed by atoms with Crippen molar-refractivity contribution in [1.29, 1.82) is 0 Å². The van der Waals surface area contributed by atoms with Gasteiger partial charge in [-0.3, -0.25) is 9.59 Å². The number of benzene rings is 2. The number of carbonyl (C=O) groups is 2. The minimum absolute atomic E-state index is 0.0536. The predicted octanol–water partition coefficient (Wildman–Crippen LogP) is 3.65. The predicted molar refractivity (Wildman–Crippen MR) is 124 cm³/mol. The molecule has 2 heterocycles. The number of piperidine rings is 1. The molecule has 2 aromatic carbocycles. The zero-order chi connectivity index (χ0) is 24.8. The number of amides is 2. The van der Waals surface area contributed by atoms with Gasteiger partial charge in [0.1, 0.15) is 11.5 Å². The lowest BCUT2D eigenvalue weighted by atomic mass is 9.96. The highest BCUT2D eigenvalue weighted by atomic mass is 19.3. The monoisotopic (exact) mass is 484 g/mol.